The van der Waals surface area contributed by atoms with Gasteiger partial charge in [-0.2, -0.15) is 0 Å². The van der Waals surface area contributed by atoms with Crippen molar-refractivity contribution in [2.75, 3.05) is 31.2 Å². The van der Waals surface area contributed by atoms with Crippen LogP contribution in [0, 0.1) is 5.92 Å². The lowest BCUT2D eigenvalue weighted by Crippen LogP contribution is -2.29. The highest BCUT2D eigenvalue weighted by molar-refractivity contribution is 5.97. The molecule has 2 heterocycles. The summed E-state index contributed by atoms with van der Waals surface area (Å²) in [5, 5.41) is 2.97. The topological polar surface area (TPSA) is 58.6 Å². The normalized spacial score (nSPS) is 20.4. The highest BCUT2D eigenvalue weighted by Gasteiger charge is 2.23. The van der Waals surface area contributed by atoms with Gasteiger partial charge in [-0.3, -0.25) is 9.59 Å². The van der Waals surface area contributed by atoms with E-state index >= 15 is 0 Å². The van der Waals surface area contributed by atoms with Gasteiger partial charge in [0, 0.05) is 43.8 Å². The molecule has 112 valence electrons. The molecule has 1 N–H and O–H groups in total. The zero-order valence-electron chi connectivity index (χ0n) is 12.2. The molecule has 2 amide bonds. The molecule has 0 aromatic heterocycles. The van der Waals surface area contributed by atoms with E-state index in [0.29, 0.717) is 24.6 Å². The van der Waals surface area contributed by atoms with E-state index in [1.807, 2.05) is 12.1 Å². The number of nitrogens with zero attached hydrogens (tertiary/aromatic N) is 1. The number of hydrogen-bond donors (Lipinski definition) is 1. The summed E-state index contributed by atoms with van der Waals surface area (Å²) in [6.07, 6.45) is 1.82. The maximum Gasteiger partial charge on any atom is 0.251 e. The Balaban J connectivity index is 1.66. The Kier molecular flexibility index (Phi) is 3.92. The van der Waals surface area contributed by atoms with Gasteiger partial charge in [-0.15, -0.1) is 0 Å². The number of ether oxygens (including phenoxy) is 1. The van der Waals surface area contributed by atoms with Crippen molar-refractivity contribution in [2.24, 2.45) is 5.92 Å². The molecule has 5 nitrogen and oxygen atoms in total. The van der Waals surface area contributed by atoms with Crippen molar-refractivity contribution in [1.29, 1.82) is 0 Å². The van der Waals surface area contributed by atoms with Gasteiger partial charge >= 0.3 is 0 Å². The molecule has 0 aliphatic carbocycles. The molecule has 2 aliphatic heterocycles. The van der Waals surface area contributed by atoms with Crippen LogP contribution in [-0.4, -0.2) is 38.1 Å². The molecule has 0 bridgehead atoms. The van der Waals surface area contributed by atoms with Gasteiger partial charge in [-0.25, -0.2) is 0 Å². The molecule has 1 aromatic carbocycles. The molecule has 1 saturated heterocycles. The van der Waals surface area contributed by atoms with E-state index in [1.54, 1.807) is 17.9 Å². The van der Waals surface area contributed by atoms with Crippen molar-refractivity contribution in [3.63, 3.8) is 0 Å². The van der Waals surface area contributed by atoms with Crippen LogP contribution in [0.5, 0.6) is 0 Å². The Morgan fingerprint density at radius 1 is 1.43 bits per heavy atom. The van der Waals surface area contributed by atoms with Crippen LogP contribution in [0.25, 0.3) is 0 Å². The molecule has 0 spiro atoms. The Labute approximate surface area is 124 Å². The third-order valence-corrected chi connectivity index (χ3v) is 4.19. The Hall–Kier alpha value is -1.88. The second-order valence-electron chi connectivity index (χ2n) is 5.70. The largest absolute Gasteiger partial charge is 0.381 e. The van der Waals surface area contributed by atoms with Crippen LogP contribution in [0.2, 0.25) is 0 Å². The number of anilines is 1. The van der Waals surface area contributed by atoms with Crippen LogP contribution in [0.4, 0.5) is 5.69 Å². The first-order valence-electron chi connectivity index (χ1n) is 7.42. The molecule has 1 aromatic rings. The predicted octanol–water partition coefficient (Wildman–Crippen LogP) is 1.36. The van der Waals surface area contributed by atoms with Crippen molar-refractivity contribution in [2.45, 2.75) is 19.8 Å². The summed E-state index contributed by atoms with van der Waals surface area (Å²) in [6, 6.07) is 5.57. The lowest BCUT2D eigenvalue weighted by atomic mass is 10.1. The monoisotopic (exact) mass is 288 g/mol. The van der Waals surface area contributed by atoms with E-state index in [-0.39, 0.29) is 11.8 Å². The highest BCUT2D eigenvalue weighted by Crippen LogP contribution is 2.28. The number of fused-ring (bicyclic) bond motifs is 1. The summed E-state index contributed by atoms with van der Waals surface area (Å²) in [6.45, 7) is 4.46. The summed E-state index contributed by atoms with van der Waals surface area (Å²) in [4.78, 5) is 25.5. The second kappa shape index (κ2) is 5.85. The van der Waals surface area contributed by atoms with E-state index in [4.69, 9.17) is 4.74 Å². The lowest BCUT2D eigenvalue weighted by Gasteiger charge is -2.15. The number of rotatable bonds is 3. The van der Waals surface area contributed by atoms with E-state index in [2.05, 4.69) is 5.32 Å². The van der Waals surface area contributed by atoms with Crippen LogP contribution in [0.3, 0.4) is 0 Å². The fraction of sp³-hybridized carbons (Fsp3) is 0.500. The Morgan fingerprint density at radius 3 is 3.00 bits per heavy atom. The van der Waals surface area contributed by atoms with Crippen LogP contribution < -0.4 is 10.2 Å². The smallest absolute Gasteiger partial charge is 0.251 e. The number of amides is 2. The Morgan fingerprint density at radius 2 is 2.29 bits per heavy atom. The average molecular weight is 288 g/mol. The van der Waals surface area contributed by atoms with Gasteiger partial charge in [-0.1, -0.05) is 0 Å². The number of hydrogen-bond acceptors (Lipinski definition) is 3. The predicted molar refractivity (Wildman–Crippen MR) is 79.4 cm³/mol. The molecule has 1 atom stereocenters. The molecule has 21 heavy (non-hydrogen) atoms. The molecule has 5 heteroatoms. The summed E-state index contributed by atoms with van der Waals surface area (Å²) in [5.41, 5.74) is 2.67. The van der Waals surface area contributed by atoms with Gasteiger partial charge in [0.25, 0.3) is 5.91 Å². The molecule has 3 rings (SSSR count). The molecule has 0 saturated carbocycles. The van der Waals surface area contributed by atoms with Gasteiger partial charge in [0.1, 0.15) is 0 Å². The van der Waals surface area contributed by atoms with Crippen molar-refractivity contribution in [3.05, 3.63) is 29.3 Å². The molecule has 2 aliphatic rings. The highest BCUT2D eigenvalue weighted by atomic mass is 16.5. The van der Waals surface area contributed by atoms with E-state index in [1.165, 1.54) is 0 Å². The SMILES string of the molecule is CC(=O)N1CCc2cc(C(=O)NC[C@@H]3CCOC3)ccc21. The molecular weight excluding hydrogens is 268 g/mol. The lowest BCUT2D eigenvalue weighted by molar-refractivity contribution is -0.116. The van der Waals surface area contributed by atoms with Crippen molar-refractivity contribution < 1.29 is 14.3 Å². The number of carbonyl (C=O) groups excluding carboxylic acids is 2. The summed E-state index contributed by atoms with van der Waals surface area (Å²) >= 11 is 0. The summed E-state index contributed by atoms with van der Waals surface area (Å²) < 4.78 is 5.30. The first kappa shape index (κ1) is 14.1. The first-order chi connectivity index (χ1) is 10.1. The minimum Gasteiger partial charge on any atom is -0.381 e. The number of carbonyl (C=O) groups is 2. The molecule has 0 radical (unpaired) electrons. The third kappa shape index (κ3) is 2.93. The maximum absolute atomic E-state index is 12.2. The molecular formula is C16H20N2O3. The van der Waals surface area contributed by atoms with Gasteiger partial charge in [0.05, 0.1) is 6.61 Å². The summed E-state index contributed by atoms with van der Waals surface area (Å²) in [7, 11) is 0. The van der Waals surface area contributed by atoms with E-state index in [0.717, 1.165) is 37.3 Å². The van der Waals surface area contributed by atoms with Crippen LogP contribution in [0.15, 0.2) is 18.2 Å². The fourth-order valence-electron chi connectivity index (χ4n) is 2.95. The minimum atomic E-state index is -0.0500. The van der Waals surface area contributed by atoms with E-state index in [9.17, 15) is 9.59 Å². The van der Waals surface area contributed by atoms with Gasteiger partial charge in [-0.05, 0) is 36.6 Å². The molecule has 0 unspecified atom stereocenters. The van der Waals surface area contributed by atoms with Crippen molar-refractivity contribution >= 4 is 17.5 Å². The maximum atomic E-state index is 12.2. The zero-order chi connectivity index (χ0) is 14.8. The molecule has 1 fully saturated rings. The van der Waals surface area contributed by atoms with E-state index < -0.39 is 0 Å². The third-order valence-electron chi connectivity index (χ3n) is 4.19. The quantitative estimate of drug-likeness (QED) is 0.913. The average Bonchev–Trinajstić information content (AvgIpc) is 3.13. The van der Waals surface area contributed by atoms with Crippen LogP contribution >= 0.6 is 0 Å². The van der Waals surface area contributed by atoms with Gasteiger partial charge < -0.3 is 15.0 Å². The second-order valence-corrected chi connectivity index (χ2v) is 5.70. The summed E-state index contributed by atoms with van der Waals surface area (Å²) in [5.74, 6) is 0.426. The first-order valence-corrected chi connectivity index (χ1v) is 7.42. The van der Waals surface area contributed by atoms with Crippen molar-refractivity contribution in [1.82, 2.24) is 5.32 Å². The van der Waals surface area contributed by atoms with Gasteiger partial charge in [0.2, 0.25) is 5.91 Å². The number of benzene rings is 1. The van der Waals surface area contributed by atoms with Crippen LogP contribution in [0.1, 0.15) is 29.3 Å². The van der Waals surface area contributed by atoms with Gasteiger partial charge in [0.15, 0.2) is 0 Å². The standard InChI is InChI=1S/C16H20N2O3/c1-11(19)18-6-4-13-8-14(2-3-15(13)18)16(20)17-9-12-5-7-21-10-12/h2-3,8,12H,4-7,9-10H2,1H3,(H,17,20)/t12-/m0/s1. The Bertz CT molecular complexity index is 565. The fourth-order valence-corrected chi connectivity index (χ4v) is 2.95. The van der Waals surface area contributed by atoms with Crippen molar-refractivity contribution in [3.8, 4) is 0 Å². The number of nitrogens with one attached hydrogen (secondary N) is 1. The zero-order valence-corrected chi connectivity index (χ0v) is 12.2. The minimum absolute atomic E-state index is 0.0483. The van der Waals surface area contributed by atoms with Crippen LogP contribution in [-0.2, 0) is 16.0 Å².